The van der Waals surface area contributed by atoms with Crippen LogP contribution in [0.2, 0.25) is 0 Å². The molecule has 212 valence electrons. The standard InChI is InChI=1S/C43H28OS/c1-3-11-28(12-4-1)30-19-23-32(24-20-30)40(33-25-21-31(22-26-33)29-13-5-2-6-14-29)37-27-36-34-15-7-9-17-38(34)44-42(36)41-35-16-8-10-18-39(35)45-43(37)41/h1-27,40H. The Morgan fingerprint density at radius 2 is 0.956 bits per heavy atom. The molecule has 0 amide bonds. The van der Waals surface area contributed by atoms with Crippen LogP contribution < -0.4 is 0 Å². The second-order valence-electron chi connectivity index (χ2n) is 11.7. The zero-order valence-corrected chi connectivity index (χ0v) is 25.3. The first-order chi connectivity index (χ1) is 22.3. The summed E-state index contributed by atoms with van der Waals surface area (Å²) in [4.78, 5) is 0. The fourth-order valence-electron chi connectivity index (χ4n) is 6.85. The predicted molar refractivity (Wildman–Crippen MR) is 191 cm³/mol. The monoisotopic (exact) mass is 592 g/mol. The van der Waals surface area contributed by atoms with Gasteiger partial charge in [0.1, 0.15) is 11.2 Å². The van der Waals surface area contributed by atoms with Crippen molar-refractivity contribution in [2.75, 3.05) is 0 Å². The van der Waals surface area contributed by atoms with Gasteiger partial charge in [0.15, 0.2) is 0 Å². The fourth-order valence-corrected chi connectivity index (χ4v) is 8.10. The SMILES string of the molecule is c1ccc(-c2ccc(C(c3ccc(-c4ccccc4)cc3)c3cc4c5ccccc5oc4c4c3sc3ccccc34)cc2)cc1. The first kappa shape index (κ1) is 26.0. The molecule has 0 fully saturated rings. The largest absolute Gasteiger partial charge is 0.455 e. The van der Waals surface area contributed by atoms with Crippen LogP contribution in [0, 0.1) is 0 Å². The van der Waals surface area contributed by atoms with E-state index in [2.05, 4.69) is 164 Å². The number of thiophene rings is 1. The minimum absolute atomic E-state index is 0.0354. The molecule has 7 aromatic carbocycles. The molecule has 0 saturated heterocycles. The molecule has 2 heteroatoms. The summed E-state index contributed by atoms with van der Waals surface area (Å²) < 4.78 is 9.18. The second-order valence-corrected chi connectivity index (χ2v) is 12.7. The highest BCUT2D eigenvalue weighted by Gasteiger charge is 2.25. The molecule has 2 heterocycles. The number of hydrogen-bond donors (Lipinski definition) is 0. The highest BCUT2D eigenvalue weighted by molar-refractivity contribution is 7.26. The Kier molecular flexibility index (Phi) is 6.14. The summed E-state index contributed by atoms with van der Waals surface area (Å²) in [6, 6.07) is 59.1. The Bertz CT molecular complexity index is 2370. The van der Waals surface area contributed by atoms with Crippen LogP contribution in [-0.2, 0) is 0 Å². The highest BCUT2D eigenvalue weighted by Crippen LogP contribution is 2.48. The third-order valence-electron chi connectivity index (χ3n) is 9.03. The van der Waals surface area contributed by atoms with E-state index in [9.17, 15) is 0 Å². The van der Waals surface area contributed by atoms with E-state index in [1.165, 1.54) is 64.5 Å². The van der Waals surface area contributed by atoms with Gasteiger partial charge in [0.05, 0.1) is 0 Å². The van der Waals surface area contributed by atoms with Gasteiger partial charge in [0.25, 0.3) is 0 Å². The molecular weight excluding hydrogens is 565 g/mol. The fraction of sp³-hybridized carbons (Fsp3) is 0.0233. The number of rotatable bonds is 5. The molecule has 0 atom stereocenters. The Morgan fingerprint density at radius 1 is 0.444 bits per heavy atom. The molecular formula is C43H28OS. The maximum absolute atomic E-state index is 6.61. The number of para-hydroxylation sites is 1. The molecule has 2 aromatic heterocycles. The van der Waals surface area contributed by atoms with Gasteiger partial charge in [-0.2, -0.15) is 0 Å². The van der Waals surface area contributed by atoms with E-state index in [4.69, 9.17) is 4.42 Å². The van der Waals surface area contributed by atoms with Gasteiger partial charge in [-0.15, -0.1) is 11.3 Å². The third kappa shape index (κ3) is 4.37. The lowest BCUT2D eigenvalue weighted by molar-refractivity contribution is 0.673. The maximum Gasteiger partial charge on any atom is 0.144 e. The van der Waals surface area contributed by atoms with Gasteiger partial charge in [-0.05, 0) is 57.1 Å². The van der Waals surface area contributed by atoms with Crippen LogP contribution in [0.25, 0.3) is 64.4 Å². The topological polar surface area (TPSA) is 13.1 Å². The molecule has 1 nitrogen and oxygen atoms in total. The molecule has 0 aliphatic carbocycles. The number of fused-ring (bicyclic) bond motifs is 7. The van der Waals surface area contributed by atoms with E-state index in [0.717, 1.165) is 16.6 Å². The summed E-state index contributed by atoms with van der Waals surface area (Å²) in [6.45, 7) is 0. The molecule has 0 aliphatic rings. The van der Waals surface area contributed by atoms with Gasteiger partial charge in [-0.1, -0.05) is 146 Å². The Balaban J connectivity index is 1.31. The smallest absolute Gasteiger partial charge is 0.144 e. The van der Waals surface area contributed by atoms with Gasteiger partial charge in [-0.3, -0.25) is 0 Å². The molecule has 0 radical (unpaired) electrons. The first-order valence-corrected chi connectivity index (χ1v) is 16.2. The molecule has 9 rings (SSSR count). The zero-order chi connectivity index (χ0) is 29.7. The van der Waals surface area contributed by atoms with Crippen molar-refractivity contribution in [3.63, 3.8) is 0 Å². The molecule has 0 bridgehead atoms. The summed E-state index contributed by atoms with van der Waals surface area (Å²) in [6.07, 6.45) is 0. The van der Waals surface area contributed by atoms with Crippen LogP contribution in [0.5, 0.6) is 0 Å². The summed E-state index contributed by atoms with van der Waals surface area (Å²) in [7, 11) is 0. The predicted octanol–water partition coefficient (Wildman–Crippen LogP) is 12.5. The van der Waals surface area contributed by atoms with Crippen molar-refractivity contribution in [2.45, 2.75) is 5.92 Å². The lowest BCUT2D eigenvalue weighted by Crippen LogP contribution is -2.04. The first-order valence-electron chi connectivity index (χ1n) is 15.4. The molecule has 0 saturated carbocycles. The quantitative estimate of drug-likeness (QED) is 0.181. The van der Waals surface area contributed by atoms with E-state index >= 15 is 0 Å². The summed E-state index contributed by atoms with van der Waals surface area (Å²) >= 11 is 1.87. The average Bonchev–Trinajstić information content (AvgIpc) is 3.69. The lowest BCUT2D eigenvalue weighted by atomic mass is 9.83. The van der Waals surface area contributed by atoms with E-state index in [0.29, 0.717) is 0 Å². The van der Waals surface area contributed by atoms with Gasteiger partial charge in [0.2, 0.25) is 0 Å². The van der Waals surface area contributed by atoms with E-state index in [1.54, 1.807) is 0 Å². The molecule has 9 aromatic rings. The van der Waals surface area contributed by atoms with Crippen molar-refractivity contribution in [2.24, 2.45) is 0 Å². The van der Waals surface area contributed by atoms with E-state index in [-0.39, 0.29) is 5.92 Å². The van der Waals surface area contributed by atoms with Crippen molar-refractivity contribution < 1.29 is 4.42 Å². The van der Waals surface area contributed by atoms with Crippen molar-refractivity contribution in [3.05, 3.63) is 180 Å². The number of hydrogen-bond acceptors (Lipinski definition) is 2. The van der Waals surface area contributed by atoms with Gasteiger partial charge < -0.3 is 4.42 Å². The van der Waals surface area contributed by atoms with Crippen LogP contribution >= 0.6 is 11.3 Å². The molecule has 45 heavy (non-hydrogen) atoms. The third-order valence-corrected chi connectivity index (χ3v) is 10.3. The molecule has 0 N–H and O–H groups in total. The van der Waals surface area contributed by atoms with Crippen LogP contribution in [0.1, 0.15) is 22.6 Å². The Hall–Kier alpha value is -5.44. The summed E-state index contributed by atoms with van der Waals surface area (Å²) in [5, 5.41) is 4.79. The van der Waals surface area contributed by atoms with Crippen LogP contribution in [0.15, 0.2) is 168 Å². The zero-order valence-electron chi connectivity index (χ0n) is 24.5. The van der Waals surface area contributed by atoms with Crippen LogP contribution in [0.4, 0.5) is 0 Å². The van der Waals surface area contributed by atoms with Crippen molar-refractivity contribution in [1.82, 2.24) is 0 Å². The lowest BCUT2D eigenvalue weighted by Gasteiger charge is -2.21. The van der Waals surface area contributed by atoms with Gasteiger partial charge >= 0.3 is 0 Å². The Morgan fingerprint density at radius 3 is 1.58 bits per heavy atom. The Labute approximate surface area is 265 Å². The van der Waals surface area contributed by atoms with Gasteiger partial charge in [-0.25, -0.2) is 0 Å². The summed E-state index contributed by atoms with van der Waals surface area (Å²) in [5.74, 6) is 0.0354. The van der Waals surface area contributed by atoms with E-state index < -0.39 is 0 Å². The minimum atomic E-state index is 0.0354. The minimum Gasteiger partial charge on any atom is -0.455 e. The van der Waals surface area contributed by atoms with Gasteiger partial charge in [0, 0.05) is 36.9 Å². The average molecular weight is 593 g/mol. The van der Waals surface area contributed by atoms with E-state index in [1.807, 2.05) is 11.3 Å². The van der Waals surface area contributed by atoms with Crippen molar-refractivity contribution in [1.29, 1.82) is 0 Å². The maximum atomic E-state index is 6.61. The molecule has 0 aliphatic heterocycles. The van der Waals surface area contributed by atoms with Crippen LogP contribution in [0.3, 0.4) is 0 Å². The molecule has 0 unspecified atom stereocenters. The number of furan rings is 1. The number of benzene rings is 7. The van der Waals surface area contributed by atoms with Crippen molar-refractivity contribution >= 4 is 53.4 Å². The normalized spacial score (nSPS) is 11.8. The molecule has 0 spiro atoms. The highest BCUT2D eigenvalue weighted by atomic mass is 32.1. The van der Waals surface area contributed by atoms with Crippen LogP contribution in [-0.4, -0.2) is 0 Å². The van der Waals surface area contributed by atoms with Crippen molar-refractivity contribution in [3.8, 4) is 22.3 Å². The summed E-state index contributed by atoms with van der Waals surface area (Å²) in [5.41, 5.74) is 10.7. The second kappa shape index (κ2) is 10.6.